The molecule has 0 unspecified atom stereocenters. The predicted octanol–water partition coefficient (Wildman–Crippen LogP) is 4.07. The molecule has 1 heterocycles. The van der Waals surface area contributed by atoms with Crippen LogP contribution in [0, 0.1) is 18.6 Å². The van der Waals surface area contributed by atoms with Crippen LogP contribution in [0.4, 0.5) is 8.78 Å². The summed E-state index contributed by atoms with van der Waals surface area (Å²) in [6.45, 7) is 1.77. The summed E-state index contributed by atoms with van der Waals surface area (Å²) in [5, 5.41) is 0.278. The molecule has 0 amide bonds. The lowest BCUT2D eigenvalue weighted by Crippen LogP contribution is -2.02. The van der Waals surface area contributed by atoms with Gasteiger partial charge in [0.15, 0.2) is 0 Å². The molecular formula is C12H8BrClF2N2. The molecule has 0 aliphatic rings. The standard InChI is InChI=1S/C12H8BrClF2N2/c1-6-11(13)12(14)18-10(17-6)4-7-2-3-8(15)5-9(7)16/h2-3,5H,4H2,1H3. The maximum absolute atomic E-state index is 13.5. The molecule has 2 aromatic rings. The SMILES string of the molecule is Cc1nc(Cc2ccc(F)cc2F)nc(Cl)c1Br. The van der Waals surface area contributed by atoms with Gasteiger partial charge < -0.3 is 0 Å². The minimum atomic E-state index is -0.615. The van der Waals surface area contributed by atoms with Gasteiger partial charge in [-0.15, -0.1) is 0 Å². The summed E-state index contributed by atoms with van der Waals surface area (Å²) in [6, 6.07) is 3.41. The fourth-order valence-electron chi connectivity index (χ4n) is 1.49. The van der Waals surface area contributed by atoms with Gasteiger partial charge >= 0.3 is 0 Å². The Morgan fingerprint density at radius 3 is 2.61 bits per heavy atom. The van der Waals surface area contributed by atoms with E-state index in [0.29, 0.717) is 21.6 Å². The molecule has 0 saturated carbocycles. The summed E-state index contributed by atoms with van der Waals surface area (Å²) in [5.41, 5.74) is 1.00. The molecule has 0 saturated heterocycles. The molecule has 2 nitrogen and oxygen atoms in total. The summed E-state index contributed by atoms with van der Waals surface area (Å²) in [4.78, 5) is 8.23. The minimum absolute atomic E-state index is 0.167. The summed E-state index contributed by atoms with van der Waals surface area (Å²) >= 11 is 9.14. The van der Waals surface area contributed by atoms with E-state index in [0.717, 1.165) is 6.07 Å². The maximum atomic E-state index is 13.5. The Balaban J connectivity index is 2.34. The van der Waals surface area contributed by atoms with Crippen molar-refractivity contribution in [1.29, 1.82) is 0 Å². The van der Waals surface area contributed by atoms with Crippen molar-refractivity contribution in [2.75, 3.05) is 0 Å². The molecular weight excluding hydrogens is 325 g/mol. The molecule has 6 heteroatoms. The van der Waals surface area contributed by atoms with E-state index in [9.17, 15) is 8.78 Å². The lowest BCUT2D eigenvalue weighted by molar-refractivity contribution is 0.573. The molecule has 0 aliphatic carbocycles. The number of aryl methyl sites for hydroxylation is 1. The highest BCUT2D eigenvalue weighted by molar-refractivity contribution is 9.10. The van der Waals surface area contributed by atoms with Gasteiger partial charge in [-0.1, -0.05) is 17.7 Å². The van der Waals surface area contributed by atoms with Crippen LogP contribution in [-0.4, -0.2) is 9.97 Å². The normalized spacial score (nSPS) is 10.7. The Bertz CT molecular complexity index is 582. The van der Waals surface area contributed by atoms with Crippen LogP contribution in [0.5, 0.6) is 0 Å². The molecule has 0 spiro atoms. The predicted molar refractivity (Wildman–Crippen MR) is 68.6 cm³/mol. The molecule has 0 N–H and O–H groups in total. The number of nitrogens with zero attached hydrogens (tertiary/aromatic N) is 2. The highest BCUT2D eigenvalue weighted by Gasteiger charge is 2.10. The van der Waals surface area contributed by atoms with Crippen molar-refractivity contribution in [3.05, 3.63) is 56.5 Å². The Hall–Kier alpha value is -1.07. The molecule has 1 aromatic carbocycles. The van der Waals surface area contributed by atoms with Crippen LogP contribution < -0.4 is 0 Å². The third-order valence-corrected chi connectivity index (χ3v) is 3.84. The van der Waals surface area contributed by atoms with Crippen molar-refractivity contribution in [3.8, 4) is 0 Å². The van der Waals surface area contributed by atoms with Crippen LogP contribution in [0.15, 0.2) is 22.7 Å². The van der Waals surface area contributed by atoms with Crippen molar-refractivity contribution < 1.29 is 8.78 Å². The Labute approximate surface area is 116 Å². The van der Waals surface area contributed by atoms with Crippen LogP contribution >= 0.6 is 27.5 Å². The second kappa shape index (κ2) is 5.28. The van der Waals surface area contributed by atoms with Crippen LogP contribution in [0.2, 0.25) is 5.15 Å². The fraction of sp³-hybridized carbons (Fsp3) is 0.167. The molecule has 0 fully saturated rings. The van der Waals surface area contributed by atoms with Crippen molar-refractivity contribution in [3.63, 3.8) is 0 Å². The third kappa shape index (κ3) is 2.84. The Morgan fingerprint density at radius 2 is 2.00 bits per heavy atom. The Morgan fingerprint density at radius 1 is 1.28 bits per heavy atom. The van der Waals surface area contributed by atoms with Gasteiger partial charge in [0.2, 0.25) is 0 Å². The van der Waals surface area contributed by atoms with Crippen molar-refractivity contribution in [1.82, 2.24) is 9.97 Å². The van der Waals surface area contributed by atoms with E-state index in [2.05, 4.69) is 25.9 Å². The summed E-state index contributed by atoms with van der Waals surface area (Å²) in [5.74, 6) is -0.830. The van der Waals surface area contributed by atoms with Gasteiger partial charge in [-0.2, -0.15) is 0 Å². The van der Waals surface area contributed by atoms with E-state index in [1.165, 1.54) is 12.1 Å². The van der Waals surface area contributed by atoms with E-state index in [1.54, 1.807) is 6.92 Å². The second-order valence-electron chi connectivity index (χ2n) is 3.74. The fourth-order valence-corrected chi connectivity index (χ4v) is 1.91. The number of hydrogen-bond acceptors (Lipinski definition) is 2. The summed E-state index contributed by atoms with van der Waals surface area (Å²) in [7, 11) is 0. The zero-order valence-electron chi connectivity index (χ0n) is 9.35. The first-order chi connectivity index (χ1) is 8.47. The van der Waals surface area contributed by atoms with E-state index < -0.39 is 11.6 Å². The van der Waals surface area contributed by atoms with Crippen LogP contribution in [-0.2, 0) is 6.42 Å². The average molecular weight is 334 g/mol. The van der Waals surface area contributed by atoms with Crippen LogP contribution in [0.25, 0.3) is 0 Å². The minimum Gasteiger partial charge on any atom is -0.237 e. The summed E-state index contributed by atoms with van der Waals surface area (Å²) < 4.78 is 26.9. The first-order valence-corrected chi connectivity index (χ1v) is 6.27. The van der Waals surface area contributed by atoms with E-state index in [-0.39, 0.29) is 11.6 Å². The van der Waals surface area contributed by atoms with Crippen molar-refractivity contribution in [2.45, 2.75) is 13.3 Å². The molecule has 2 rings (SSSR count). The molecule has 0 atom stereocenters. The highest BCUT2D eigenvalue weighted by Crippen LogP contribution is 2.23. The quantitative estimate of drug-likeness (QED) is 0.774. The van der Waals surface area contributed by atoms with Gasteiger partial charge in [0.25, 0.3) is 0 Å². The highest BCUT2D eigenvalue weighted by atomic mass is 79.9. The lowest BCUT2D eigenvalue weighted by atomic mass is 10.1. The van der Waals surface area contributed by atoms with Gasteiger partial charge in [-0.05, 0) is 34.5 Å². The first kappa shape index (κ1) is 13.4. The molecule has 94 valence electrons. The number of benzene rings is 1. The zero-order chi connectivity index (χ0) is 13.3. The molecule has 0 aliphatic heterocycles. The number of aromatic nitrogens is 2. The molecule has 0 bridgehead atoms. The van der Waals surface area contributed by atoms with Crippen LogP contribution in [0.1, 0.15) is 17.1 Å². The smallest absolute Gasteiger partial charge is 0.147 e. The van der Waals surface area contributed by atoms with Gasteiger partial charge in [-0.25, -0.2) is 18.7 Å². The number of halogens is 4. The number of hydrogen-bond donors (Lipinski definition) is 0. The van der Waals surface area contributed by atoms with Crippen molar-refractivity contribution >= 4 is 27.5 Å². The monoisotopic (exact) mass is 332 g/mol. The zero-order valence-corrected chi connectivity index (χ0v) is 11.7. The molecule has 0 radical (unpaired) electrons. The van der Waals surface area contributed by atoms with Gasteiger partial charge in [0.05, 0.1) is 10.2 Å². The maximum Gasteiger partial charge on any atom is 0.147 e. The first-order valence-electron chi connectivity index (χ1n) is 5.10. The largest absolute Gasteiger partial charge is 0.237 e. The second-order valence-corrected chi connectivity index (χ2v) is 4.89. The van der Waals surface area contributed by atoms with Crippen molar-refractivity contribution in [2.24, 2.45) is 0 Å². The number of rotatable bonds is 2. The van der Waals surface area contributed by atoms with Gasteiger partial charge in [0.1, 0.15) is 22.6 Å². The van der Waals surface area contributed by atoms with Gasteiger partial charge in [-0.3, -0.25) is 0 Å². The van der Waals surface area contributed by atoms with E-state index in [1.807, 2.05) is 0 Å². The van der Waals surface area contributed by atoms with E-state index >= 15 is 0 Å². The third-order valence-electron chi connectivity index (χ3n) is 2.39. The molecule has 18 heavy (non-hydrogen) atoms. The van der Waals surface area contributed by atoms with Gasteiger partial charge in [0, 0.05) is 12.5 Å². The van der Waals surface area contributed by atoms with Crippen LogP contribution in [0.3, 0.4) is 0 Å². The Kier molecular flexibility index (Phi) is 3.92. The lowest BCUT2D eigenvalue weighted by Gasteiger charge is -2.06. The average Bonchev–Trinajstić information content (AvgIpc) is 2.29. The topological polar surface area (TPSA) is 25.8 Å². The summed E-state index contributed by atoms with van der Waals surface area (Å²) in [6.07, 6.45) is 0.167. The molecule has 1 aromatic heterocycles. The van der Waals surface area contributed by atoms with E-state index in [4.69, 9.17) is 11.6 Å².